The Morgan fingerprint density at radius 1 is 1.02 bits per heavy atom. The van der Waals surface area contributed by atoms with Crippen LogP contribution in [-0.2, 0) is 38.6 Å². The molecule has 2 saturated heterocycles. The number of halogens is 2. The smallest absolute Gasteiger partial charge is 0.249 e. The van der Waals surface area contributed by atoms with Crippen molar-refractivity contribution in [1.29, 1.82) is 0 Å². The first-order chi connectivity index (χ1) is 24.5. The monoisotopic (exact) mass is 704 g/mol. The molecule has 0 bridgehead atoms. The number of nitrogens with zero attached hydrogens (tertiary/aromatic N) is 1. The van der Waals surface area contributed by atoms with Crippen LogP contribution in [0.4, 0.5) is 8.78 Å². The normalized spacial score (nSPS) is 22.7. The van der Waals surface area contributed by atoms with E-state index in [0.717, 1.165) is 17.2 Å². The Labute approximate surface area is 299 Å². The molecule has 2 heterocycles. The SMILES string of the molecule is CCC(C)[C@@]1(NC(C)=O)CCN([C@@H](CCc2ccccc2)C(=O)N[C@@H](Cc2cc(F)cc(F)c2)[C@H](O)[C@H]2C[C@@H](OCc3ccccc3)CN2)C1=O. The van der Waals surface area contributed by atoms with Crippen molar-refractivity contribution in [3.63, 3.8) is 0 Å². The molecular weight excluding hydrogens is 654 g/mol. The lowest BCUT2D eigenvalue weighted by molar-refractivity contribution is -0.144. The summed E-state index contributed by atoms with van der Waals surface area (Å²) in [4.78, 5) is 42.6. The maximum Gasteiger partial charge on any atom is 0.249 e. The minimum absolute atomic E-state index is 0.0582. The summed E-state index contributed by atoms with van der Waals surface area (Å²) in [6.07, 6.45) is 0.804. The molecule has 51 heavy (non-hydrogen) atoms. The van der Waals surface area contributed by atoms with E-state index in [4.69, 9.17) is 4.74 Å². The summed E-state index contributed by atoms with van der Waals surface area (Å²) < 4.78 is 34.8. The second-order valence-corrected chi connectivity index (χ2v) is 14.0. The molecule has 2 aliphatic rings. The topological polar surface area (TPSA) is 120 Å². The van der Waals surface area contributed by atoms with E-state index >= 15 is 0 Å². The molecule has 4 N–H and O–H groups in total. The number of amides is 3. The Kier molecular flexibility index (Phi) is 12.9. The highest BCUT2D eigenvalue weighted by atomic mass is 19.1. The van der Waals surface area contributed by atoms with Gasteiger partial charge in [-0.05, 0) is 66.8 Å². The van der Waals surface area contributed by atoms with Crippen molar-refractivity contribution in [2.45, 2.75) is 102 Å². The second-order valence-electron chi connectivity index (χ2n) is 14.0. The van der Waals surface area contributed by atoms with Gasteiger partial charge in [0.05, 0.1) is 24.9 Å². The predicted octanol–water partition coefficient (Wildman–Crippen LogP) is 4.46. The van der Waals surface area contributed by atoms with Gasteiger partial charge >= 0.3 is 0 Å². The Hall–Kier alpha value is -4.19. The number of nitrogens with one attached hydrogen (secondary N) is 3. The van der Waals surface area contributed by atoms with Crippen molar-refractivity contribution in [2.75, 3.05) is 13.1 Å². The fraction of sp³-hybridized carbons (Fsp3) is 0.475. The molecular formula is C40H50F2N4O5. The first kappa shape index (κ1) is 38.1. The number of likely N-dealkylation sites (tertiary alicyclic amines) is 1. The average Bonchev–Trinajstić information content (AvgIpc) is 3.72. The molecule has 7 atom stereocenters. The summed E-state index contributed by atoms with van der Waals surface area (Å²) in [5, 5.41) is 21.0. The van der Waals surface area contributed by atoms with Crippen LogP contribution in [0.5, 0.6) is 0 Å². The van der Waals surface area contributed by atoms with Gasteiger partial charge < -0.3 is 30.7 Å². The van der Waals surface area contributed by atoms with Crippen molar-refractivity contribution in [2.24, 2.45) is 5.92 Å². The Bertz CT molecular complexity index is 1610. The molecule has 274 valence electrons. The van der Waals surface area contributed by atoms with Crippen molar-refractivity contribution in [3.8, 4) is 0 Å². The number of benzene rings is 3. The molecule has 2 aliphatic heterocycles. The number of rotatable bonds is 16. The van der Waals surface area contributed by atoms with Gasteiger partial charge in [0, 0.05) is 32.1 Å². The van der Waals surface area contributed by atoms with Crippen molar-refractivity contribution in [3.05, 3.63) is 107 Å². The largest absolute Gasteiger partial charge is 0.389 e. The Balaban J connectivity index is 1.39. The fourth-order valence-electron chi connectivity index (χ4n) is 7.50. The van der Waals surface area contributed by atoms with Crippen LogP contribution in [0.2, 0.25) is 0 Å². The van der Waals surface area contributed by atoms with E-state index in [2.05, 4.69) is 16.0 Å². The van der Waals surface area contributed by atoms with Crippen LogP contribution >= 0.6 is 0 Å². The van der Waals surface area contributed by atoms with E-state index in [-0.39, 0.29) is 48.8 Å². The summed E-state index contributed by atoms with van der Waals surface area (Å²) in [5.41, 5.74) is 1.13. The highest BCUT2D eigenvalue weighted by Gasteiger charge is 2.53. The average molecular weight is 705 g/mol. The van der Waals surface area contributed by atoms with Crippen molar-refractivity contribution in [1.82, 2.24) is 20.9 Å². The molecule has 1 unspecified atom stereocenters. The first-order valence-corrected chi connectivity index (χ1v) is 17.9. The third kappa shape index (κ3) is 9.58. The molecule has 0 spiro atoms. The van der Waals surface area contributed by atoms with Crippen LogP contribution in [-0.4, -0.2) is 76.7 Å². The van der Waals surface area contributed by atoms with Gasteiger partial charge in [0.25, 0.3) is 0 Å². The van der Waals surface area contributed by atoms with E-state index < -0.39 is 47.3 Å². The van der Waals surface area contributed by atoms with E-state index in [1.807, 2.05) is 74.5 Å². The van der Waals surface area contributed by atoms with Gasteiger partial charge in [0.2, 0.25) is 17.7 Å². The number of ether oxygens (including phenoxy) is 1. The van der Waals surface area contributed by atoms with Crippen LogP contribution < -0.4 is 16.0 Å². The van der Waals surface area contributed by atoms with Gasteiger partial charge in [-0.15, -0.1) is 0 Å². The number of hydrogen-bond acceptors (Lipinski definition) is 6. The third-order valence-corrected chi connectivity index (χ3v) is 10.5. The minimum Gasteiger partial charge on any atom is -0.389 e. The van der Waals surface area contributed by atoms with E-state index in [1.54, 1.807) is 4.90 Å². The van der Waals surface area contributed by atoms with Gasteiger partial charge in [-0.25, -0.2) is 8.78 Å². The molecule has 0 aliphatic carbocycles. The summed E-state index contributed by atoms with van der Waals surface area (Å²) in [6.45, 7) is 6.40. The van der Waals surface area contributed by atoms with Crippen molar-refractivity contribution < 1.29 is 33.0 Å². The first-order valence-electron chi connectivity index (χ1n) is 17.9. The zero-order chi connectivity index (χ0) is 36.5. The molecule has 0 saturated carbocycles. The number of carbonyl (C=O) groups excluding carboxylic acids is 3. The fourth-order valence-corrected chi connectivity index (χ4v) is 7.50. The van der Waals surface area contributed by atoms with Gasteiger partial charge in [0.15, 0.2) is 0 Å². The van der Waals surface area contributed by atoms with Crippen LogP contribution in [0.1, 0.15) is 63.1 Å². The quantitative estimate of drug-likeness (QED) is 0.175. The van der Waals surface area contributed by atoms with Gasteiger partial charge in [-0.1, -0.05) is 80.9 Å². The Morgan fingerprint density at radius 2 is 1.67 bits per heavy atom. The van der Waals surface area contributed by atoms with Crippen LogP contribution in [0.3, 0.4) is 0 Å². The molecule has 5 rings (SSSR count). The molecule has 0 radical (unpaired) electrons. The lowest BCUT2D eigenvalue weighted by atomic mass is 9.81. The maximum absolute atomic E-state index is 14.5. The zero-order valence-corrected chi connectivity index (χ0v) is 29.6. The highest BCUT2D eigenvalue weighted by molar-refractivity contribution is 5.96. The van der Waals surface area contributed by atoms with Gasteiger partial charge in [-0.2, -0.15) is 0 Å². The predicted molar refractivity (Wildman–Crippen MR) is 190 cm³/mol. The van der Waals surface area contributed by atoms with Crippen LogP contribution in [0.25, 0.3) is 0 Å². The molecule has 9 nitrogen and oxygen atoms in total. The standard InChI is InChI=1S/C40H50F2N4O5/c1-4-26(2)40(45-27(3)47)17-18-46(39(40)50)36(16-15-28-11-7-5-8-12-28)38(49)44-35(21-30-19-31(41)22-32(42)20-30)37(48)34-23-33(24-43-34)51-25-29-13-9-6-10-14-29/h5-14,19-20,22,26,33-37,43,48H,4,15-18,21,23-25H2,1-3H3,(H,44,49)(H,45,47)/t26?,33-,34-,35+,36+,37-,40+/m1/s1. The van der Waals surface area contributed by atoms with Gasteiger partial charge in [0.1, 0.15) is 23.2 Å². The van der Waals surface area contributed by atoms with E-state index in [0.29, 0.717) is 38.8 Å². The number of aliphatic hydroxyl groups excluding tert-OH is 1. The number of aliphatic hydroxyl groups is 1. The molecule has 0 aromatic heterocycles. The summed E-state index contributed by atoms with van der Waals surface area (Å²) in [5.74, 6) is -2.84. The third-order valence-electron chi connectivity index (χ3n) is 10.5. The van der Waals surface area contributed by atoms with E-state index in [1.165, 1.54) is 19.1 Å². The van der Waals surface area contributed by atoms with Gasteiger partial charge in [-0.3, -0.25) is 14.4 Å². The number of aryl methyl sites for hydroxylation is 1. The molecule has 11 heteroatoms. The lowest BCUT2D eigenvalue weighted by Gasteiger charge is -2.36. The Morgan fingerprint density at radius 3 is 2.29 bits per heavy atom. The number of hydrogen-bond donors (Lipinski definition) is 4. The molecule has 2 fully saturated rings. The summed E-state index contributed by atoms with van der Waals surface area (Å²) in [6, 6.07) is 20.2. The maximum atomic E-state index is 14.5. The minimum atomic E-state index is -1.16. The van der Waals surface area contributed by atoms with Crippen LogP contribution in [0.15, 0.2) is 78.9 Å². The molecule has 3 aromatic rings. The van der Waals surface area contributed by atoms with E-state index in [9.17, 15) is 28.3 Å². The van der Waals surface area contributed by atoms with Crippen LogP contribution in [0, 0.1) is 17.6 Å². The second kappa shape index (κ2) is 17.4. The zero-order valence-electron chi connectivity index (χ0n) is 29.6. The lowest BCUT2D eigenvalue weighted by Crippen LogP contribution is -2.61. The summed E-state index contributed by atoms with van der Waals surface area (Å²) in [7, 11) is 0. The molecule has 3 amide bonds. The molecule has 3 aromatic carbocycles. The number of carbonyl (C=O) groups is 3. The van der Waals surface area contributed by atoms with Crippen molar-refractivity contribution >= 4 is 17.7 Å². The highest BCUT2D eigenvalue weighted by Crippen LogP contribution is 2.35. The summed E-state index contributed by atoms with van der Waals surface area (Å²) >= 11 is 0.